The normalized spacial score (nSPS) is 13.8. The molecule has 1 rings (SSSR count). The Morgan fingerprint density at radius 2 is 1.81 bits per heavy atom. The van der Waals surface area contributed by atoms with Crippen LogP contribution in [0, 0.1) is 5.41 Å². The summed E-state index contributed by atoms with van der Waals surface area (Å²) in [6.45, 7) is 6.82. The average Bonchev–Trinajstić information content (AvgIpc) is 2.19. The van der Waals surface area contributed by atoms with E-state index in [9.17, 15) is 0 Å². The Balaban J connectivity index is 2.53. The summed E-state index contributed by atoms with van der Waals surface area (Å²) in [4.78, 5) is 1.33. The van der Waals surface area contributed by atoms with Crippen molar-refractivity contribution < 1.29 is 0 Å². The molecule has 0 saturated carbocycles. The molecule has 1 N–H and O–H groups in total. The summed E-state index contributed by atoms with van der Waals surface area (Å²) in [7, 11) is 2.04. The molecule has 0 spiro atoms. The van der Waals surface area contributed by atoms with E-state index in [1.54, 1.807) is 0 Å². The molecular weight excluding hydrogens is 282 g/mol. The van der Waals surface area contributed by atoms with E-state index in [0.29, 0.717) is 11.5 Å². The zero-order valence-electron chi connectivity index (χ0n) is 10.4. The van der Waals surface area contributed by atoms with E-state index in [1.165, 1.54) is 4.90 Å². The third-order valence-corrected chi connectivity index (χ3v) is 4.26. The molecule has 0 radical (unpaired) electrons. The van der Waals surface area contributed by atoms with Crippen LogP contribution in [-0.2, 0) is 0 Å². The Morgan fingerprint density at radius 1 is 1.25 bits per heavy atom. The first-order chi connectivity index (χ1) is 7.43. The number of thioether (sulfide) groups is 1. The predicted octanol–water partition coefficient (Wildman–Crippen LogP) is 4.18. The van der Waals surface area contributed by atoms with Gasteiger partial charge in [-0.25, -0.2) is 0 Å². The van der Waals surface area contributed by atoms with Crippen LogP contribution < -0.4 is 5.32 Å². The fourth-order valence-corrected chi connectivity index (χ4v) is 3.10. The predicted molar refractivity (Wildman–Crippen MR) is 77.2 cm³/mol. The van der Waals surface area contributed by atoms with Crippen LogP contribution in [0.2, 0.25) is 0 Å². The highest BCUT2D eigenvalue weighted by Crippen LogP contribution is 2.27. The zero-order valence-corrected chi connectivity index (χ0v) is 12.8. The van der Waals surface area contributed by atoms with E-state index < -0.39 is 0 Å². The van der Waals surface area contributed by atoms with E-state index in [4.69, 9.17) is 0 Å². The van der Waals surface area contributed by atoms with Crippen molar-refractivity contribution in [1.82, 2.24) is 5.32 Å². The molecule has 0 bridgehead atoms. The highest BCUT2D eigenvalue weighted by Gasteiger charge is 2.22. The van der Waals surface area contributed by atoms with Gasteiger partial charge in [0.25, 0.3) is 0 Å². The number of hydrogen-bond donors (Lipinski definition) is 1. The molecule has 0 heterocycles. The highest BCUT2D eigenvalue weighted by atomic mass is 79.9. The van der Waals surface area contributed by atoms with Crippen molar-refractivity contribution in [2.45, 2.75) is 31.7 Å². The molecule has 0 fully saturated rings. The molecule has 90 valence electrons. The quantitative estimate of drug-likeness (QED) is 0.838. The Kier molecular flexibility index (Phi) is 5.35. The van der Waals surface area contributed by atoms with Crippen molar-refractivity contribution in [3.63, 3.8) is 0 Å². The third kappa shape index (κ3) is 4.48. The van der Waals surface area contributed by atoms with E-state index in [-0.39, 0.29) is 0 Å². The van der Waals surface area contributed by atoms with Crippen molar-refractivity contribution >= 4 is 27.7 Å². The van der Waals surface area contributed by atoms with Crippen molar-refractivity contribution in [3.05, 3.63) is 28.7 Å². The highest BCUT2D eigenvalue weighted by molar-refractivity contribution is 9.10. The maximum absolute atomic E-state index is 3.45. The van der Waals surface area contributed by atoms with Gasteiger partial charge in [-0.15, -0.1) is 11.8 Å². The summed E-state index contributed by atoms with van der Waals surface area (Å²) in [6, 6.07) is 9.02. The number of benzene rings is 1. The number of hydrogen-bond acceptors (Lipinski definition) is 2. The Labute approximate surface area is 112 Å². The van der Waals surface area contributed by atoms with Crippen LogP contribution in [-0.4, -0.2) is 18.8 Å². The lowest BCUT2D eigenvalue weighted by atomic mass is 9.88. The summed E-state index contributed by atoms with van der Waals surface area (Å²) in [5.41, 5.74) is 0.303. The van der Waals surface area contributed by atoms with Crippen LogP contribution in [0.3, 0.4) is 0 Å². The van der Waals surface area contributed by atoms with E-state index >= 15 is 0 Å². The van der Waals surface area contributed by atoms with Gasteiger partial charge in [0.05, 0.1) is 0 Å². The lowest BCUT2D eigenvalue weighted by molar-refractivity contribution is 0.305. The molecule has 1 aromatic carbocycles. The molecule has 1 unspecified atom stereocenters. The van der Waals surface area contributed by atoms with Crippen LogP contribution in [0.15, 0.2) is 33.6 Å². The Bertz CT molecular complexity index is 316. The fourth-order valence-electron chi connectivity index (χ4n) is 1.48. The summed E-state index contributed by atoms with van der Waals surface area (Å²) in [6.07, 6.45) is 0. The molecule has 3 heteroatoms. The van der Waals surface area contributed by atoms with Gasteiger partial charge < -0.3 is 5.32 Å². The Morgan fingerprint density at radius 3 is 2.25 bits per heavy atom. The monoisotopic (exact) mass is 301 g/mol. The van der Waals surface area contributed by atoms with Gasteiger partial charge in [-0.1, -0.05) is 36.7 Å². The van der Waals surface area contributed by atoms with Gasteiger partial charge >= 0.3 is 0 Å². The van der Waals surface area contributed by atoms with E-state index in [0.717, 1.165) is 10.2 Å². The summed E-state index contributed by atoms with van der Waals surface area (Å²) in [5, 5.41) is 3.39. The second kappa shape index (κ2) is 6.08. The van der Waals surface area contributed by atoms with Crippen molar-refractivity contribution in [1.29, 1.82) is 0 Å². The molecule has 0 aliphatic rings. The maximum atomic E-state index is 3.45. The summed E-state index contributed by atoms with van der Waals surface area (Å²) >= 11 is 5.35. The molecule has 0 aliphatic heterocycles. The molecule has 0 saturated heterocycles. The van der Waals surface area contributed by atoms with Gasteiger partial charge in [-0.05, 0) is 36.7 Å². The van der Waals surface area contributed by atoms with Gasteiger partial charge in [0.2, 0.25) is 0 Å². The zero-order chi connectivity index (χ0) is 12.2. The molecule has 0 aromatic heterocycles. The SMILES string of the molecule is CNC(CSc1ccc(Br)cc1)C(C)(C)C. The smallest absolute Gasteiger partial charge is 0.0207 e. The first kappa shape index (κ1) is 14.1. The largest absolute Gasteiger partial charge is 0.316 e. The van der Waals surface area contributed by atoms with Crippen LogP contribution in [0.4, 0.5) is 0 Å². The summed E-state index contributed by atoms with van der Waals surface area (Å²) < 4.78 is 1.14. The molecule has 0 aliphatic carbocycles. The lowest BCUT2D eigenvalue weighted by Gasteiger charge is -2.30. The van der Waals surface area contributed by atoms with Crippen molar-refractivity contribution in [2.75, 3.05) is 12.8 Å². The fraction of sp³-hybridized carbons (Fsp3) is 0.538. The summed E-state index contributed by atoms with van der Waals surface area (Å²) in [5.74, 6) is 1.10. The Hall–Kier alpha value is 0.01000. The number of halogens is 1. The first-order valence-corrected chi connectivity index (χ1v) is 7.27. The molecule has 16 heavy (non-hydrogen) atoms. The van der Waals surface area contributed by atoms with Gasteiger partial charge in [0.15, 0.2) is 0 Å². The maximum Gasteiger partial charge on any atom is 0.0207 e. The minimum Gasteiger partial charge on any atom is -0.316 e. The van der Waals surface area contributed by atoms with E-state index in [2.05, 4.69) is 66.3 Å². The molecule has 1 atom stereocenters. The first-order valence-electron chi connectivity index (χ1n) is 5.49. The van der Waals surface area contributed by atoms with Crippen LogP contribution in [0.5, 0.6) is 0 Å². The van der Waals surface area contributed by atoms with E-state index in [1.807, 2.05) is 18.8 Å². The van der Waals surface area contributed by atoms with Gasteiger partial charge in [0.1, 0.15) is 0 Å². The van der Waals surface area contributed by atoms with Crippen molar-refractivity contribution in [3.8, 4) is 0 Å². The average molecular weight is 302 g/mol. The minimum atomic E-state index is 0.303. The van der Waals surface area contributed by atoms with Crippen LogP contribution in [0.1, 0.15) is 20.8 Å². The molecular formula is C13H20BrNS. The molecule has 1 aromatic rings. The van der Waals surface area contributed by atoms with Gasteiger partial charge in [-0.2, -0.15) is 0 Å². The topological polar surface area (TPSA) is 12.0 Å². The van der Waals surface area contributed by atoms with Crippen molar-refractivity contribution in [2.24, 2.45) is 5.41 Å². The molecule has 0 amide bonds. The third-order valence-electron chi connectivity index (χ3n) is 2.62. The minimum absolute atomic E-state index is 0.303. The van der Waals surface area contributed by atoms with Gasteiger partial charge in [-0.3, -0.25) is 0 Å². The van der Waals surface area contributed by atoms with Crippen LogP contribution >= 0.6 is 27.7 Å². The number of rotatable bonds is 4. The van der Waals surface area contributed by atoms with Gasteiger partial charge in [0, 0.05) is 21.2 Å². The standard InChI is InChI=1S/C13H20BrNS/c1-13(2,3)12(15-4)9-16-11-7-5-10(14)6-8-11/h5-8,12,15H,9H2,1-4H3. The molecule has 1 nitrogen and oxygen atoms in total. The second-order valence-electron chi connectivity index (χ2n) is 4.97. The van der Waals surface area contributed by atoms with Crippen LogP contribution in [0.25, 0.3) is 0 Å². The second-order valence-corrected chi connectivity index (χ2v) is 6.98. The number of nitrogens with one attached hydrogen (secondary N) is 1. The lowest BCUT2D eigenvalue weighted by Crippen LogP contribution is -2.40.